The molecular formula is C18H25NO3. The molecule has 1 aromatic carbocycles. The number of hydrogen-bond donors (Lipinski definition) is 1. The first-order valence-corrected chi connectivity index (χ1v) is 8.31. The van der Waals surface area contributed by atoms with E-state index in [1.54, 1.807) is 6.92 Å². The highest BCUT2D eigenvalue weighted by Gasteiger charge is 2.40. The number of benzene rings is 1. The number of carboxylic acid groups (broad SMARTS) is 1. The van der Waals surface area contributed by atoms with Gasteiger partial charge in [-0.3, -0.25) is 9.69 Å². The predicted octanol–water partition coefficient (Wildman–Crippen LogP) is 2.88. The van der Waals surface area contributed by atoms with Crippen LogP contribution in [0.15, 0.2) is 18.2 Å². The van der Waals surface area contributed by atoms with Crippen LogP contribution in [0.2, 0.25) is 0 Å². The van der Waals surface area contributed by atoms with Gasteiger partial charge in [-0.05, 0) is 56.2 Å². The Hall–Kier alpha value is -1.55. The molecule has 2 aliphatic heterocycles. The van der Waals surface area contributed by atoms with Gasteiger partial charge in [0.05, 0.1) is 0 Å². The van der Waals surface area contributed by atoms with Gasteiger partial charge in [-0.1, -0.05) is 19.1 Å². The number of carboxylic acids is 1. The number of ether oxygens (including phenoxy) is 1. The molecule has 1 N–H and O–H groups in total. The van der Waals surface area contributed by atoms with Gasteiger partial charge in [0, 0.05) is 13.1 Å². The maximum atomic E-state index is 11.1. The van der Waals surface area contributed by atoms with E-state index >= 15 is 0 Å². The second-order valence-electron chi connectivity index (χ2n) is 6.63. The summed E-state index contributed by atoms with van der Waals surface area (Å²) in [6, 6.07) is 6.17. The van der Waals surface area contributed by atoms with Crippen molar-refractivity contribution in [3.05, 3.63) is 29.3 Å². The van der Waals surface area contributed by atoms with E-state index in [4.69, 9.17) is 9.84 Å². The zero-order chi connectivity index (χ0) is 15.7. The Labute approximate surface area is 132 Å². The molecule has 1 saturated heterocycles. The van der Waals surface area contributed by atoms with E-state index in [0.717, 1.165) is 50.9 Å². The second-order valence-corrected chi connectivity index (χ2v) is 6.63. The number of rotatable bonds is 3. The van der Waals surface area contributed by atoms with Gasteiger partial charge in [0.15, 0.2) is 0 Å². The van der Waals surface area contributed by atoms with Gasteiger partial charge in [-0.25, -0.2) is 0 Å². The van der Waals surface area contributed by atoms with E-state index in [1.807, 2.05) is 0 Å². The molecule has 0 aromatic heterocycles. The molecule has 0 bridgehead atoms. The third-order valence-corrected chi connectivity index (χ3v) is 5.33. The molecule has 4 heteroatoms. The van der Waals surface area contributed by atoms with E-state index in [0.29, 0.717) is 0 Å². The molecular weight excluding hydrogens is 278 g/mol. The molecule has 4 nitrogen and oxygen atoms in total. The summed E-state index contributed by atoms with van der Waals surface area (Å²) in [6.45, 7) is 5.53. The molecule has 0 saturated carbocycles. The van der Waals surface area contributed by atoms with Crippen LogP contribution in [0.5, 0.6) is 5.75 Å². The minimum absolute atomic E-state index is 0.0892. The second kappa shape index (κ2) is 5.92. The molecule has 120 valence electrons. The van der Waals surface area contributed by atoms with Gasteiger partial charge >= 0.3 is 5.97 Å². The Kier molecular flexibility index (Phi) is 4.13. The fourth-order valence-electron chi connectivity index (χ4n) is 3.59. The molecule has 0 radical (unpaired) electrons. The molecule has 1 aromatic rings. The molecule has 1 unspecified atom stereocenters. The van der Waals surface area contributed by atoms with Crippen LogP contribution in [0.4, 0.5) is 0 Å². The molecule has 2 aliphatic rings. The zero-order valence-corrected chi connectivity index (χ0v) is 13.5. The topological polar surface area (TPSA) is 49.8 Å². The van der Waals surface area contributed by atoms with Crippen molar-refractivity contribution in [2.24, 2.45) is 0 Å². The lowest BCUT2D eigenvalue weighted by Crippen LogP contribution is -2.53. The molecule has 1 atom stereocenters. The summed E-state index contributed by atoms with van der Waals surface area (Å²) < 4.78 is 6.42. The SMILES string of the molecule is CCc1ccc2c(c1)OC1(CC2)CCN(C(C)C(=O)O)CC1. The summed E-state index contributed by atoms with van der Waals surface area (Å²) in [4.78, 5) is 13.2. The number of aliphatic carboxylic acids is 1. The number of fused-ring (bicyclic) bond motifs is 1. The van der Waals surface area contributed by atoms with E-state index in [9.17, 15) is 4.79 Å². The number of hydrogen-bond acceptors (Lipinski definition) is 3. The molecule has 0 amide bonds. The van der Waals surface area contributed by atoms with Gasteiger partial charge in [0.1, 0.15) is 17.4 Å². The summed E-state index contributed by atoms with van der Waals surface area (Å²) >= 11 is 0. The van der Waals surface area contributed by atoms with Crippen LogP contribution in [-0.2, 0) is 17.6 Å². The van der Waals surface area contributed by atoms with Crippen molar-refractivity contribution in [2.45, 2.75) is 57.6 Å². The summed E-state index contributed by atoms with van der Waals surface area (Å²) in [5.41, 5.74) is 2.53. The molecule has 3 rings (SSSR count). The fourth-order valence-corrected chi connectivity index (χ4v) is 3.59. The summed E-state index contributed by atoms with van der Waals surface area (Å²) in [5, 5.41) is 9.15. The fraction of sp³-hybridized carbons (Fsp3) is 0.611. The molecule has 2 heterocycles. The van der Waals surface area contributed by atoms with Crippen molar-refractivity contribution in [3.8, 4) is 5.75 Å². The van der Waals surface area contributed by atoms with Gasteiger partial charge in [-0.15, -0.1) is 0 Å². The highest BCUT2D eigenvalue weighted by atomic mass is 16.5. The Morgan fingerprint density at radius 2 is 2.09 bits per heavy atom. The number of likely N-dealkylation sites (tertiary alicyclic amines) is 1. The predicted molar refractivity (Wildman–Crippen MR) is 85.4 cm³/mol. The monoisotopic (exact) mass is 303 g/mol. The van der Waals surface area contributed by atoms with Crippen LogP contribution >= 0.6 is 0 Å². The minimum atomic E-state index is -0.738. The van der Waals surface area contributed by atoms with E-state index < -0.39 is 12.0 Å². The van der Waals surface area contributed by atoms with Gasteiger partial charge in [-0.2, -0.15) is 0 Å². The van der Waals surface area contributed by atoms with Crippen molar-refractivity contribution in [2.75, 3.05) is 13.1 Å². The molecule has 0 aliphatic carbocycles. The van der Waals surface area contributed by atoms with Crippen LogP contribution in [0, 0.1) is 0 Å². The summed E-state index contributed by atoms with van der Waals surface area (Å²) in [6.07, 6.45) is 4.96. The highest BCUT2D eigenvalue weighted by Crippen LogP contribution is 2.40. The van der Waals surface area contributed by atoms with Crippen molar-refractivity contribution < 1.29 is 14.6 Å². The average molecular weight is 303 g/mol. The Morgan fingerprint density at radius 3 is 2.73 bits per heavy atom. The number of carbonyl (C=O) groups is 1. The Balaban J connectivity index is 1.70. The maximum absolute atomic E-state index is 11.1. The van der Waals surface area contributed by atoms with Crippen LogP contribution in [0.25, 0.3) is 0 Å². The standard InChI is InChI=1S/C18H25NO3/c1-3-14-4-5-15-6-7-18(22-16(15)12-14)8-10-19(11-9-18)13(2)17(20)21/h4-5,12-13H,3,6-11H2,1-2H3,(H,20,21). The van der Waals surface area contributed by atoms with Gasteiger partial charge in [0.25, 0.3) is 0 Å². The van der Waals surface area contributed by atoms with Crippen molar-refractivity contribution in [1.82, 2.24) is 4.90 Å². The lowest BCUT2D eigenvalue weighted by atomic mass is 9.82. The quantitative estimate of drug-likeness (QED) is 0.933. The summed E-state index contributed by atoms with van der Waals surface area (Å²) in [5.74, 6) is 0.309. The Morgan fingerprint density at radius 1 is 1.36 bits per heavy atom. The third-order valence-electron chi connectivity index (χ3n) is 5.33. The summed E-state index contributed by atoms with van der Waals surface area (Å²) in [7, 11) is 0. The van der Waals surface area contributed by atoms with Crippen molar-refractivity contribution >= 4 is 5.97 Å². The zero-order valence-electron chi connectivity index (χ0n) is 13.5. The minimum Gasteiger partial charge on any atom is -0.487 e. The third kappa shape index (κ3) is 2.84. The van der Waals surface area contributed by atoms with Gasteiger partial charge in [0.2, 0.25) is 0 Å². The Bertz CT molecular complexity index is 561. The van der Waals surface area contributed by atoms with Crippen LogP contribution < -0.4 is 4.74 Å². The first-order valence-electron chi connectivity index (χ1n) is 8.31. The van der Waals surface area contributed by atoms with Crippen molar-refractivity contribution in [3.63, 3.8) is 0 Å². The van der Waals surface area contributed by atoms with E-state index in [-0.39, 0.29) is 5.60 Å². The van der Waals surface area contributed by atoms with Gasteiger partial charge < -0.3 is 9.84 Å². The van der Waals surface area contributed by atoms with E-state index in [1.165, 1.54) is 11.1 Å². The molecule has 22 heavy (non-hydrogen) atoms. The van der Waals surface area contributed by atoms with E-state index in [2.05, 4.69) is 30.0 Å². The number of aryl methyl sites for hydroxylation is 2. The lowest BCUT2D eigenvalue weighted by Gasteiger charge is -2.45. The van der Waals surface area contributed by atoms with Crippen LogP contribution in [0.3, 0.4) is 0 Å². The van der Waals surface area contributed by atoms with Crippen molar-refractivity contribution in [1.29, 1.82) is 0 Å². The number of nitrogens with zero attached hydrogens (tertiary/aromatic N) is 1. The normalized spacial score (nSPS) is 21.9. The molecule has 1 fully saturated rings. The first kappa shape index (κ1) is 15.3. The average Bonchev–Trinajstić information content (AvgIpc) is 2.54. The molecule has 1 spiro atoms. The van der Waals surface area contributed by atoms with Crippen LogP contribution in [0.1, 0.15) is 44.2 Å². The first-order chi connectivity index (χ1) is 10.5. The number of piperidine rings is 1. The highest BCUT2D eigenvalue weighted by molar-refractivity contribution is 5.72. The lowest BCUT2D eigenvalue weighted by molar-refractivity contribution is -0.144. The maximum Gasteiger partial charge on any atom is 0.320 e. The van der Waals surface area contributed by atoms with Crippen LogP contribution in [-0.4, -0.2) is 40.7 Å². The largest absolute Gasteiger partial charge is 0.487 e. The smallest absolute Gasteiger partial charge is 0.320 e.